The molecule has 1 aromatic carbocycles. The third-order valence-corrected chi connectivity index (χ3v) is 7.37. The number of halogens is 1. The summed E-state index contributed by atoms with van der Waals surface area (Å²) in [6.45, 7) is 5.41. The Morgan fingerprint density at radius 2 is 1.90 bits per heavy atom. The van der Waals surface area contributed by atoms with E-state index in [1.165, 1.54) is 11.0 Å². The minimum absolute atomic E-state index is 0.0920. The van der Waals surface area contributed by atoms with Crippen molar-refractivity contribution in [3.8, 4) is 0 Å². The number of carbonyl (C=O) groups excluding carboxylic acids is 4. The first-order valence-electron chi connectivity index (χ1n) is 13.8. The molecule has 0 aliphatic carbocycles. The number of aromatic nitrogens is 2. The number of imidazole rings is 1. The molecular formula is C27H34FN7O7. The summed E-state index contributed by atoms with van der Waals surface area (Å²) in [6.07, 6.45) is -0.507. The fourth-order valence-electron chi connectivity index (χ4n) is 5.10. The number of piperazine rings is 1. The highest BCUT2D eigenvalue weighted by molar-refractivity contribution is 5.95. The summed E-state index contributed by atoms with van der Waals surface area (Å²) in [6, 6.07) is 4.46. The van der Waals surface area contributed by atoms with E-state index in [4.69, 9.17) is 9.47 Å². The second-order valence-electron chi connectivity index (χ2n) is 10.3. The highest BCUT2D eigenvalue weighted by atomic mass is 19.1. The molecule has 3 aliphatic heterocycles. The van der Waals surface area contributed by atoms with Crippen molar-refractivity contribution in [1.29, 1.82) is 0 Å². The molecule has 2 aromatic rings. The molecule has 3 aliphatic rings. The second-order valence-corrected chi connectivity index (χ2v) is 10.3. The third kappa shape index (κ3) is 6.56. The van der Waals surface area contributed by atoms with E-state index >= 15 is 4.39 Å². The molecule has 2 fully saturated rings. The monoisotopic (exact) mass is 587 g/mol. The predicted octanol–water partition coefficient (Wildman–Crippen LogP) is 1.04. The lowest BCUT2D eigenvalue weighted by atomic mass is 10.2. The van der Waals surface area contributed by atoms with Gasteiger partial charge in [0.2, 0.25) is 5.91 Å². The number of benzene rings is 1. The summed E-state index contributed by atoms with van der Waals surface area (Å²) in [7, 11) is 2.00. The zero-order valence-corrected chi connectivity index (χ0v) is 23.6. The first kappa shape index (κ1) is 29.1. The topological polar surface area (TPSA) is 139 Å². The van der Waals surface area contributed by atoms with Crippen LogP contribution in [0.3, 0.4) is 0 Å². The number of nitrogens with one attached hydrogen (secondary N) is 1. The predicted molar refractivity (Wildman–Crippen MR) is 147 cm³/mol. The molecule has 1 atom stereocenters. The fourth-order valence-corrected chi connectivity index (χ4v) is 5.10. The summed E-state index contributed by atoms with van der Waals surface area (Å²) in [4.78, 5) is 60.3. The van der Waals surface area contributed by atoms with Gasteiger partial charge in [-0.3, -0.25) is 19.4 Å². The number of nitrogens with zero attached hydrogens (tertiary/aromatic N) is 6. The van der Waals surface area contributed by atoms with Crippen molar-refractivity contribution < 1.29 is 37.8 Å². The molecule has 1 N–H and O–H groups in total. The summed E-state index contributed by atoms with van der Waals surface area (Å²) >= 11 is 0. The average Bonchev–Trinajstić information content (AvgIpc) is 3.57. The lowest BCUT2D eigenvalue weighted by molar-refractivity contribution is -0.130. The van der Waals surface area contributed by atoms with Crippen molar-refractivity contribution in [2.45, 2.75) is 26.1 Å². The van der Waals surface area contributed by atoms with E-state index in [9.17, 15) is 19.2 Å². The number of fused-ring (bicyclic) bond motifs is 1. The first-order valence-corrected chi connectivity index (χ1v) is 13.8. The second kappa shape index (κ2) is 12.6. The molecule has 14 nitrogen and oxygen atoms in total. The summed E-state index contributed by atoms with van der Waals surface area (Å²) in [5.74, 6) is -0.320. The maximum atomic E-state index is 15.1. The number of hydrogen-bond donors (Lipinski definition) is 1. The van der Waals surface area contributed by atoms with Crippen molar-refractivity contribution in [3.05, 3.63) is 41.7 Å². The Balaban J connectivity index is 1.09. The molecule has 0 radical (unpaired) electrons. The molecule has 0 saturated carbocycles. The van der Waals surface area contributed by atoms with Crippen LogP contribution < -0.4 is 15.1 Å². The molecule has 2 saturated heterocycles. The Kier molecular flexibility index (Phi) is 8.75. The number of amides is 3. The first-order chi connectivity index (χ1) is 20.2. The van der Waals surface area contributed by atoms with Crippen molar-refractivity contribution >= 4 is 35.4 Å². The van der Waals surface area contributed by atoms with Gasteiger partial charge in [0.1, 0.15) is 23.9 Å². The van der Waals surface area contributed by atoms with Crippen LogP contribution in [0.1, 0.15) is 23.2 Å². The normalized spacial score (nSPS) is 18.9. The largest absolute Gasteiger partial charge is 0.508 e. The van der Waals surface area contributed by atoms with Gasteiger partial charge in [-0.1, -0.05) is 0 Å². The molecule has 0 spiro atoms. The van der Waals surface area contributed by atoms with Gasteiger partial charge in [0.05, 0.1) is 37.6 Å². The van der Waals surface area contributed by atoms with Crippen molar-refractivity contribution in [2.24, 2.45) is 0 Å². The number of anilines is 2. The number of carbonyl (C=O) groups is 4. The summed E-state index contributed by atoms with van der Waals surface area (Å²) < 4.78 is 31.9. The van der Waals surface area contributed by atoms with Gasteiger partial charge in [0.15, 0.2) is 6.10 Å². The standard InChI is InChI=1S/C27H34FN7O7/c1-3-40-27(39)41-17-19-14-35(26(38)42-19)18-4-5-22(20(28)12-18)32-8-10-33(11-9-32)24(36)13-29-25(37)21-15-34-7-6-31(2)16-23(34)30-21/h4-5,12,15,19H,3,6-11,13-14,16-17H2,1-2H3,(H,29,37)/t19-/m1/s1. The highest BCUT2D eigenvalue weighted by Crippen LogP contribution is 2.28. The Bertz CT molecular complexity index is 1340. The lowest BCUT2D eigenvalue weighted by Crippen LogP contribution is -2.51. The van der Waals surface area contributed by atoms with Crippen molar-refractivity contribution in [1.82, 2.24) is 24.7 Å². The van der Waals surface area contributed by atoms with Crippen LogP contribution in [0, 0.1) is 5.82 Å². The Labute approximate surface area is 241 Å². The minimum Gasteiger partial charge on any atom is -0.440 e. The molecular weight excluding hydrogens is 553 g/mol. The van der Waals surface area contributed by atoms with E-state index in [2.05, 4.69) is 19.9 Å². The van der Waals surface area contributed by atoms with Gasteiger partial charge in [0.25, 0.3) is 5.91 Å². The third-order valence-electron chi connectivity index (χ3n) is 7.37. The van der Waals surface area contributed by atoms with Crippen molar-refractivity contribution in [3.63, 3.8) is 0 Å². The maximum Gasteiger partial charge on any atom is 0.508 e. The van der Waals surface area contributed by atoms with Crippen LogP contribution in [-0.2, 0) is 32.1 Å². The van der Waals surface area contributed by atoms with Crippen LogP contribution in [0.4, 0.5) is 25.4 Å². The average molecular weight is 588 g/mol. The zero-order valence-electron chi connectivity index (χ0n) is 23.6. The number of hydrogen-bond acceptors (Lipinski definition) is 10. The number of ether oxygens (including phenoxy) is 3. The van der Waals surface area contributed by atoms with Gasteiger partial charge in [0, 0.05) is 45.5 Å². The molecule has 5 rings (SSSR count). The van der Waals surface area contributed by atoms with Gasteiger partial charge < -0.3 is 33.9 Å². The minimum atomic E-state index is -0.852. The van der Waals surface area contributed by atoms with Gasteiger partial charge in [-0.15, -0.1) is 0 Å². The maximum absolute atomic E-state index is 15.1. The van der Waals surface area contributed by atoms with E-state index in [1.807, 2.05) is 16.5 Å². The van der Waals surface area contributed by atoms with Crippen LogP contribution in [0.5, 0.6) is 0 Å². The van der Waals surface area contributed by atoms with E-state index < -0.39 is 30.1 Å². The molecule has 4 heterocycles. The molecule has 15 heteroatoms. The quantitative estimate of drug-likeness (QED) is 0.446. The van der Waals surface area contributed by atoms with Crippen LogP contribution in [0.2, 0.25) is 0 Å². The highest BCUT2D eigenvalue weighted by Gasteiger charge is 2.34. The Morgan fingerprint density at radius 1 is 1.12 bits per heavy atom. The van der Waals surface area contributed by atoms with E-state index in [0.717, 1.165) is 18.9 Å². The van der Waals surface area contributed by atoms with Crippen LogP contribution in [0.15, 0.2) is 24.4 Å². The van der Waals surface area contributed by atoms with Crippen LogP contribution in [0.25, 0.3) is 0 Å². The Hall–Kier alpha value is -4.40. The number of likely N-dealkylation sites (N-methyl/N-ethyl adjacent to an activating group) is 1. The smallest absolute Gasteiger partial charge is 0.440 e. The van der Waals surface area contributed by atoms with E-state index in [1.54, 1.807) is 30.2 Å². The molecule has 1 aromatic heterocycles. The lowest BCUT2D eigenvalue weighted by Gasteiger charge is -2.36. The summed E-state index contributed by atoms with van der Waals surface area (Å²) in [5.41, 5.74) is 0.956. The van der Waals surface area contributed by atoms with E-state index in [0.29, 0.717) is 49.8 Å². The molecule has 226 valence electrons. The fraction of sp³-hybridized carbons (Fsp3) is 0.519. The molecule has 42 heavy (non-hydrogen) atoms. The van der Waals surface area contributed by atoms with Gasteiger partial charge >= 0.3 is 12.2 Å². The van der Waals surface area contributed by atoms with Crippen molar-refractivity contribution in [2.75, 3.05) is 75.9 Å². The SMILES string of the molecule is CCOC(=O)OC[C@H]1CN(c2ccc(N3CCN(C(=O)CNC(=O)c4cn5c(n4)CN(C)CC5)CC3)c(F)c2)C(=O)O1. The van der Waals surface area contributed by atoms with Crippen LogP contribution in [-0.4, -0.2) is 116 Å². The van der Waals surface area contributed by atoms with E-state index in [-0.39, 0.29) is 32.2 Å². The molecule has 0 bridgehead atoms. The zero-order chi connectivity index (χ0) is 29.8. The van der Waals surface area contributed by atoms with Gasteiger partial charge in [-0.25, -0.2) is 19.0 Å². The Morgan fingerprint density at radius 3 is 2.64 bits per heavy atom. The molecule has 3 amide bonds. The van der Waals surface area contributed by atoms with Gasteiger partial charge in [-0.2, -0.15) is 0 Å². The number of cyclic esters (lactones) is 1. The van der Waals surface area contributed by atoms with Gasteiger partial charge in [-0.05, 0) is 32.2 Å². The molecule has 0 unspecified atom stereocenters. The summed E-state index contributed by atoms with van der Waals surface area (Å²) in [5, 5.41) is 2.66. The van der Waals surface area contributed by atoms with Crippen LogP contribution >= 0.6 is 0 Å². The number of rotatable bonds is 8.